The van der Waals surface area contributed by atoms with Gasteiger partial charge in [-0.05, 0) is 51.3 Å². The summed E-state index contributed by atoms with van der Waals surface area (Å²) in [6, 6.07) is 0. The van der Waals surface area contributed by atoms with Gasteiger partial charge in [0.15, 0.2) is 0 Å². The van der Waals surface area contributed by atoms with Crippen LogP contribution in [0.4, 0.5) is 0 Å². The number of aliphatic hydroxyl groups excluding tert-OH is 1. The lowest BCUT2D eigenvalue weighted by Crippen LogP contribution is -2.29. The first-order chi connectivity index (χ1) is 13.2. The van der Waals surface area contributed by atoms with Gasteiger partial charge in [0.1, 0.15) is 18.2 Å². The first-order valence-corrected chi connectivity index (χ1v) is 9.89. The summed E-state index contributed by atoms with van der Waals surface area (Å²) in [5.41, 5.74) is 1.27. The van der Waals surface area contributed by atoms with E-state index in [0.717, 1.165) is 57.0 Å². The van der Waals surface area contributed by atoms with Crippen LogP contribution in [0.15, 0.2) is 57.8 Å². The third-order valence-electron chi connectivity index (χ3n) is 3.99. The van der Waals surface area contributed by atoms with Crippen molar-refractivity contribution in [1.82, 2.24) is 4.90 Å². The third-order valence-corrected chi connectivity index (χ3v) is 3.99. The summed E-state index contributed by atoms with van der Waals surface area (Å²) >= 11 is 0. The van der Waals surface area contributed by atoms with E-state index >= 15 is 0 Å². The molecule has 1 rings (SSSR count). The van der Waals surface area contributed by atoms with Crippen LogP contribution in [-0.2, 0) is 4.74 Å². The molecule has 150 valence electrons. The molecule has 1 heterocycles. The molecule has 0 aliphatic carbocycles. The van der Waals surface area contributed by atoms with Gasteiger partial charge in [0.25, 0.3) is 0 Å². The summed E-state index contributed by atoms with van der Waals surface area (Å²) in [5.74, 6) is 1.60. The predicted molar refractivity (Wildman–Crippen MR) is 116 cm³/mol. The maximum absolute atomic E-state index is 8.95. The van der Waals surface area contributed by atoms with Crippen molar-refractivity contribution in [3.63, 3.8) is 0 Å². The summed E-state index contributed by atoms with van der Waals surface area (Å²) < 4.78 is 5.58. The SMILES string of the molecule is C/C=C/C(N=CCC)=NCCN1CC/C=C/C=C(OCCO)\C=C(/C)CC1. The number of amidine groups is 1. The van der Waals surface area contributed by atoms with E-state index in [1.807, 2.05) is 37.4 Å². The third kappa shape index (κ3) is 11.4. The number of aliphatic hydroxyl groups is 1. The van der Waals surface area contributed by atoms with E-state index in [0.29, 0.717) is 6.61 Å². The van der Waals surface area contributed by atoms with Crippen molar-refractivity contribution in [1.29, 1.82) is 0 Å². The Morgan fingerprint density at radius 3 is 2.96 bits per heavy atom. The molecule has 1 aliphatic rings. The lowest BCUT2D eigenvalue weighted by atomic mass is 10.2. The van der Waals surface area contributed by atoms with Crippen molar-refractivity contribution in [2.45, 2.75) is 40.0 Å². The van der Waals surface area contributed by atoms with Crippen LogP contribution in [0.2, 0.25) is 0 Å². The van der Waals surface area contributed by atoms with Crippen LogP contribution in [0, 0.1) is 0 Å². The van der Waals surface area contributed by atoms with Gasteiger partial charge in [0.05, 0.1) is 13.2 Å². The fourth-order valence-corrected chi connectivity index (χ4v) is 2.58. The Morgan fingerprint density at radius 1 is 1.37 bits per heavy atom. The second kappa shape index (κ2) is 15.1. The molecule has 0 saturated heterocycles. The monoisotopic (exact) mass is 373 g/mol. The van der Waals surface area contributed by atoms with E-state index in [9.17, 15) is 0 Å². The highest BCUT2D eigenvalue weighted by Crippen LogP contribution is 2.11. The van der Waals surface area contributed by atoms with Crippen LogP contribution in [0.3, 0.4) is 0 Å². The fraction of sp³-hybridized carbons (Fsp3) is 0.545. The highest BCUT2D eigenvalue weighted by atomic mass is 16.5. The maximum Gasteiger partial charge on any atom is 0.146 e. The molecule has 0 spiro atoms. The smallest absolute Gasteiger partial charge is 0.146 e. The van der Waals surface area contributed by atoms with Crippen LogP contribution in [0.5, 0.6) is 0 Å². The molecule has 0 fully saturated rings. The molecule has 0 aromatic heterocycles. The second-order valence-electron chi connectivity index (χ2n) is 6.40. The van der Waals surface area contributed by atoms with Gasteiger partial charge >= 0.3 is 0 Å². The van der Waals surface area contributed by atoms with E-state index in [-0.39, 0.29) is 6.61 Å². The largest absolute Gasteiger partial charge is 0.491 e. The highest BCUT2D eigenvalue weighted by molar-refractivity contribution is 5.97. The van der Waals surface area contributed by atoms with E-state index in [1.54, 1.807) is 0 Å². The van der Waals surface area contributed by atoms with Gasteiger partial charge in [0, 0.05) is 25.8 Å². The van der Waals surface area contributed by atoms with Gasteiger partial charge in [-0.1, -0.05) is 30.7 Å². The molecule has 1 aliphatic heterocycles. The van der Waals surface area contributed by atoms with Crippen LogP contribution in [0.25, 0.3) is 0 Å². The van der Waals surface area contributed by atoms with E-state index < -0.39 is 0 Å². The van der Waals surface area contributed by atoms with Gasteiger partial charge in [-0.2, -0.15) is 0 Å². The quantitative estimate of drug-likeness (QED) is 0.518. The van der Waals surface area contributed by atoms with Gasteiger partial charge in [-0.15, -0.1) is 0 Å². The second-order valence-corrected chi connectivity index (χ2v) is 6.40. The standard InChI is InChI=1S/C22H35N3O2/c1-4-9-22(23-12-5-2)24-13-16-25-14-8-6-7-10-21(27-18-17-26)19-20(3)11-15-25/h4,6-7,9-10,12,19,26H,5,8,11,13-18H2,1-3H3/b7-6+,9-4+,20-19+,21-10+,23-12?,24-22?. The normalized spacial score (nSPS) is 22.9. The minimum Gasteiger partial charge on any atom is -0.491 e. The van der Waals surface area contributed by atoms with Gasteiger partial charge in [-0.25, -0.2) is 4.99 Å². The number of hydrogen-bond acceptors (Lipinski definition) is 4. The first kappa shape index (κ1) is 23.1. The molecule has 5 nitrogen and oxygen atoms in total. The van der Waals surface area contributed by atoms with E-state index in [2.05, 4.69) is 40.9 Å². The zero-order chi connectivity index (χ0) is 19.7. The summed E-state index contributed by atoms with van der Waals surface area (Å²) in [7, 11) is 0. The molecular formula is C22H35N3O2. The molecule has 0 amide bonds. The van der Waals surface area contributed by atoms with Crippen molar-refractivity contribution in [2.75, 3.05) is 39.4 Å². The summed E-state index contributed by atoms with van der Waals surface area (Å²) in [5, 5.41) is 8.95. The summed E-state index contributed by atoms with van der Waals surface area (Å²) in [4.78, 5) is 11.5. The van der Waals surface area contributed by atoms with Gasteiger partial charge < -0.3 is 14.7 Å². The summed E-state index contributed by atoms with van der Waals surface area (Å²) in [6.45, 7) is 10.2. The molecule has 0 aromatic rings. The predicted octanol–water partition coefficient (Wildman–Crippen LogP) is 3.93. The van der Waals surface area contributed by atoms with Gasteiger partial charge in [0.2, 0.25) is 0 Å². The number of aliphatic imine (C=N–C) groups is 2. The number of allylic oxidation sites excluding steroid dienone is 4. The molecule has 0 aromatic carbocycles. The van der Waals surface area contributed by atoms with E-state index in [4.69, 9.17) is 9.84 Å². The lowest BCUT2D eigenvalue weighted by molar-refractivity contribution is 0.152. The Hall–Kier alpha value is -1.98. The molecule has 1 N–H and O–H groups in total. The molecule has 0 atom stereocenters. The van der Waals surface area contributed by atoms with Crippen LogP contribution in [-0.4, -0.2) is 61.4 Å². The topological polar surface area (TPSA) is 57.4 Å². The molecule has 0 bridgehead atoms. The zero-order valence-corrected chi connectivity index (χ0v) is 17.1. The Balaban J connectivity index is 2.66. The Morgan fingerprint density at radius 2 is 2.22 bits per heavy atom. The lowest BCUT2D eigenvalue weighted by Gasteiger charge is -2.21. The van der Waals surface area contributed by atoms with Crippen molar-refractivity contribution >= 4 is 12.1 Å². The van der Waals surface area contributed by atoms with Crippen molar-refractivity contribution in [3.8, 4) is 0 Å². The number of rotatable bonds is 8. The van der Waals surface area contributed by atoms with Crippen molar-refractivity contribution in [3.05, 3.63) is 47.8 Å². The summed E-state index contributed by atoms with van der Waals surface area (Å²) in [6.07, 6.45) is 16.9. The Labute approximate surface area is 164 Å². The first-order valence-electron chi connectivity index (χ1n) is 9.89. The molecule has 5 heteroatoms. The van der Waals surface area contributed by atoms with Crippen LogP contribution in [0.1, 0.15) is 40.0 Å². The average Bonchev–Trinajstić information content (AvgIpc) is 2.70. The Bertz CT molecular complexity index is 586. The maximum atomic E-state index is 8.95. The molecular weight excluding hydrogens is 338 g/mol. The van der Waals surface area contributed by atoms with Crippen molar-refractivity contribution in [2.24, 2.45) is 9.98 Å². The molecule has 0 radical (unpaired) electrons. The van der Waals surface area contributed by atoms with Crippen molar-refractivity contribution < 1.29 is 9.84 Å². The minimum absolute atomic E-state index is 0.0275. The molecule has 0 saturated carbocycles. The molecule has 27 heavy (non-hydrogen) atoms. The molecule has 0 unspecified atom stereocenters. The number of nitrogens with zero attached hydrogens (tertiary/aromatic N) is 3. The fourth-order valence-electron chi connectivity index (χ4n) is 2.58. The van der Waals surface area contributed by atoms with Gasteiger partial charge in [-0.3, -0.25) is 4.99 Å². The van der Waals surface area contributed by atoms with Crippen LogP contribution < -0.4 is 0 Å². The highest BCUT2D eigenvalue weighted by Gasteiger charge is 2.06. The number of ether oxygens (including phenoxy) is 1. The minimum atomic E-state index is 0.0275. The van der Waals surface area contributed by atoms with Crippen LogP contribution >= 0.6 is 0 Å². The average molecular weight is 374 g/mol. The Kier molecular flexibility index (Phi) is 12.9. The number of hydrogen-bond donors (Lipinski definition) is 1. The van der Waals surface area contributed by atoms with E-state index in [1.165, 1.54) is 5.57 Å². The zero-order valence-electron chi connectivity index (χ0n) is 17.1.